The first kappa shape index (κ1) is 11.9. The zero-order valence-corrected chi connectivity index (χ0v) is 10.6. The highest BCUT2D eigenvalue weighted by molar-refractivity contribution is 14.1. The Morgan fingerprint density at radius 2 is 2.21 bits per heavy atom. The van der Waals surface area contributed by atoms with E-state index in [0.717, 1.165) is 0 Å². The minimum Gasteiger partial charge on any atom is -0.465 e. The minimum absolute atomic E-state index is 0.366. The molecule has 6 heteroatoms. The predicted octanol–water partition coefficient (Wildman–Crippen LogP) is 1.89. The molecule has 1 atom stereocenters. The Morgan fingerprint density at radius 1 is 1.57 bits per heavy atom. The van der Waals surface area contributed by atoms with Crippen molar-refractivity contribution in [1.29, 1.82) is 0 Å². The lowest BCUT2D eigenvalue weighted by Gasteiger charge is -2.12. The summed E-state index contributed by atoms with van der Waals surface area (Å²) in [5, 5.41) is 1.93. The fourth-order valence-electron chi connectivity index (χ4n) is 0.877. The lowest BCUT2D eigenvalue weighted by Crippen LogP contribution is -2.11. The summed E-state index contributed by atoms with van der Waals surface area (Å²) in [5.41, 5.74) is 0.405. The van der Waals surface area contributed by atoms with Gasteiger partial charge in [0, 0.05) is 16.1 Å². The number of rotatable bonds is 1. The van der Waals surface area contributed by atoms with E-state index in [1.807, 2.05) is 22.6 Å². The van der Waals surface area contributed by atoms with E-state index in [9.17, 15) is 9.35 Å². The highest BCUT2D eigenvalue weighted by atomic mass is 127. The normalized spacial score (nSPS) is 21.4. The molecule has 0 fully saturated rings. The molecule has 0 aliphatic carbocycles. The molecule has 1 rings (SSSR count). The first-order valence-electron chi connectivity index (χ1n) is 3.61. The fraction of sp³-hybridized carbons (Fsp3) is 0.250. The molecule has 0 spiro atoms. The van der Waals surface area contributed by atoms with Gasteiger partial charge in [0.25, 0.3) is 0 Å². The van der Waals surface area contributed by atoms with Crippen molar-refractivity contribution in [3.05, 3.63) is 20.6 Å². The van der Waals surface area contributed by atoms with Crippen molar-refractivity contribution in [2.75, 3.05) is 14.2 Å². The van der Waals surface area contributed by atoms with Crippen molar-refractivity contribution in [3.8, 4) is 0 Å². The van der Waals surface area contributed by atoms with E-state index in [1.165, 1.54) is 20.3 Å². The highest BCUT2D eigenvalue weighted by Gasteiger charge is 2.18. The van der Waals surface area contributed by atoms with Crippen LogP contribution in [-0.2, 0) is 14.3 Å². The van der Waals surface area contributed by atoms with Gasteiger partial charge < -0.3 is 14.0 Å². The quantitative estimate of drug-likeness (QED) is 0.454. The summed E-state index contributed by atoms with van der Waals surface area (Å²) in [4.78, 5) is 11.3. The Bertz CT molecular complexity index is 356. The standard InChI is InChI=1S/C8H9IO4S/c1-12-7-3-5(8(10)13-2)6(9)4-14(7)11/h3-4,11H,1-2H3. The molecular weight excluding hydrogens is 319 g/mol. The smallest absolute Gasteiger partial charge is 0.339 e. The lowest BCUT2D eigenvalue weighted by atomic mass is 10.2. The van der Waals surface area contributed by atoms with E-state index in [1.54, 1.807) is 5.41 Å². The maximum Gasteiger partial charge on any atom is 0.339 e. The maximum atomic E-state index is 11.3. The van der Waals surface area contributed by atoms with Gasteiger partial charge in [0.15, 0.2) is 0 Å². The fourth-order valence-corrected chi connectivity index (χ4v) is 2.82. The molecule has 4 nitrogen and oxygen atoms in total. The number of esters is 1. The van der Waals surface area contributed by atoms with Crippen LogP contribution in [0.2, 0.25) is 0 Å². The van der Waals surface area contributed by atoms with Crippen molar-refractivity contribution >= 4 is 44.4 Å². The average molecular weight is 328 g/mol. The van der Waals surface area contributed by atoms with Gasteiger partial charge in [0.1, 0.15) is 5.05 Å². The highest BCUT2D eigenvalue weighted by Crippen LogP contribution is 2.30. The summed E-state index contributed by atoms with van der Waals surface area (Å²) < 4.78 is 19.7. The number of carbonyl (C=O) groups is 1. The molecular formula is C8H9IO4S. The minimum atomic E-state index is -1.06. The van der Waals surface area contributed by atoms with Gasteiger partial charge in [-0.15, -0.1) is 0 Å². The van der Waals surface area contributed by atoms with Crippen molar-refractivity contribution in [2.45, 2.75) is 0 Å². The summed E-state index contributed by atoms with van der Waals surface area (Å²) in [6.07, 6.45) is 1.50. The number of carbonyl (C=O) groups excluding carboxylic acids is 1. The summed E-state index contributed by atoms with van der Waals surface area (Å²) in [5.74, 6) is -0.433. The third kappa shape index (κ3) is 2.44. The van der Waals surface area contributed by atoms with Crippen LogP contribution in [0, 0.1) is 0 Å². The van der Waals surface area contributed by atoms with Gasteiger partial charge in [-0.2, -0.15) is 0 Å². The largest absolute Gasteiger partial charge is 0.465 e. The van der Waals surface area contributed by atoms with Gasteiger partial charge >= 0.3 is 5.97 Å². The molecule has 78 valence electrons. The zero-order valence-electron chi connectivity index (χ0n) is 7.61. The molecule has 0 aromatic rings. The summed E-state index contributed by atoms with van der Waals surface area (Å²) in [6.45, 7) is 0. The van der Waals surface area contributed by atoms with Crippen molar-refractivity contribution in [1.82, 2.24) is 0 Å². The van der Waals surface area contributed by atoms with Crippen LogP contribution in [0.4, 0.5) is 0 Å². The molecule has 0 bridgehead atoms. The summed E-state index contributed by atoms with van der Waals surface area (Å²) in [6, 6.07) is 0. The van der Waals surface area contributed by atoms with Crippen LogP contribution in [-0.4, -0.2) is 29.8 Å². The van der Waals surface area contributed by atoms with E-state index in [2.05, 4.69) is 4.74 Å². The predicted molar refractivity (Wildman–Crippen MR) is 64.4 cm³/mol. The Balaban J connectivity index is 3.11. The van der Waals surface area contributed by atoms with Gasteiger partial charge in [-0.1, -0.05) is 0 Å². The van der Waals surface area contributed by atoms with Crippen molar-refractivity contribution in [3.63, 3.8) is 0 Å². The monoisotopic (exact) mass is 328 g/mol. The molecule has 1 heterocycles. The molecule has 1 unspecified atom stereocenters. The van der Waals surface area contributed by atoms with Crippen molar-refractivity contribution < 1.29 is 18.8 Å². The topological polar surface area (TPSA) is 55.8 Å². The Labute approximate surface area is 97.9 Å². The third-order valence-corrected chi connectivity index (χ3v) is 4.02. The second-order valence-corrected chi connectivity index (χ2v) is 4.78. The second-order valence-electron chi connectivity index (χ2n) is 2.35. The van der Waals surface area contributed by atoms with Gasteiger partial charge in [-0.3, -0.25) is 0 Å². The molecule has 0 aromatic carbocycles. The number of hydrogen-bond donors (Lipinski definition) is 1. The molecule has 1 aliphatic heterocycles. The lowest BCUT2D eigenvalue weighted by molar-refractivity contribution is -0.135. The van der Waals surface area contributed by atoms with Gasteiger partial charge in [-0.25, -0.2) is 4.79 Å². The molecule has 0 amide bonds. The van der Waals surface area contributed by atoms with Gasteiger partial charge in [0.2, 0.25) is 0 Å². The van der Waals surface area contributed by atoms with E-state index >= 15 is 0 Å². The molecule has 1 aliphatic rings. The van der Waals surface area contributed by atoms with Crippen molar-refractivity contribution in [2.24, 2.45) is 0 Å². The van der Waals surface area contributed by atoms with Gasteiger partial charge in [0.05, 0.1) is 12.7 Å². The van der Waals surface area contributed by atoms with Crippen LogP contribution in [0.5, 0.6) is 0 Å². The van der Waals surface area contributed by atoms with Crippen LogP contribution < -0.4 is 0 Å². The van der Waals surface area contributed by atoms with Gasteiger partial charge in [-0.05, 0) is 39.4 Å². The average Bonchev–Trinajstić information content (AvgIpc) is 2.17. The molecule has 0 saturated heterocycles. The number of ether oxygens (including phenoxy) is 2. The van der Waals surface area contributed by atoms with E-state index in [-0.39, 0.29) is 0 Å². The summed E-state index contributed by atoms with van der Waals surface area (Å²) >= 11 is 1.97. The Hall–Kier alpha value is -0.180. The molecule has 14 heavy (non-hydrogen) atoms. The molecule has 0 aromatic heterocycles. The van der Waals surface area contributed by atoms with E-state index < -0.39 is 16.7 Å². The van der Waals surface area contributed by atoms with E-state index in [0.29, 0.717) is 14.2 Å². The summed E-state index contributed by atoms with van der Waals surface area (Å²) in [7, 11) is 1.70. The second kappa shape index (κ2) is 5.06. The van der Waals surface area contributed by atoms with Crippen LogP contribution in [0.3, 0.4) is 0 Å². The molecule has 0 saturated carbocycles. The SMILES string of the molecule is COC(=O)C1=CC(OC)=S(O)C=C1I. The molecule has 0 radical (unpaired) electrons. The van der Waals surface area contributed by atoms with Crippen LogP contribution in [0.15, 0.2) is 20.6 Å². The maximum absolute atomic E-state index is 11.3. The number of halogens is 1. The van der Waals surface area contributed by atoms with E-state index in [4.69, 9.17) is 4.74 Å². The van der Waals surface area contributed by atoms with Crippen LogP contribution in [0.25, 0.3) is 0 Å². The third-order valence-electron chi connectivity index (χ3n) is 1.55. The van der Waals surface area contributed by atoms with Crippen LogP contribution >= 0.6 is 33.4 Å². The first-order valence-corrected chi connectivity index (χ1v) is 5.93. The number of hydrogen-bond acceptors (Lipinski definition) is 4. The molecule has 1 N–H and O–H groups in total. The Morgan fingerprint density at radius 3 is 2.71 bits per heavy atom. The number of methoxy groups -OCH3 is 2. The van der Waals surface area contributed by atoms with Crippen LogP contribution in [0.1, 0.15) is 0 Å². The zero-order chi connectivity index (χ0) is 10.7. The first-order chi connectivity index (χ1) is 6.60. The Kier molecular flexibility index (Phi) is 4.30.